The summed E-state index contributed by atoms with van der Waals surface area (Å²) >= 11 is 1.36. The van der Waals surface area contributed by atoms with Gasteiger partial charge >= 0.3 is 5.97 Å². The van der Waals surface area contributed by atoms with Crippen molar-refractivity contribution in [3.05, 3.63) is 183 Å². The molecule has 5 aromatic carbocycles. The van der Waals surface area contributed by atoms with Gasteiger partial charge in [0.15, 0.2) is 5.43 Å². The van der Waals surface area contributed by atoms with Crippen LogP contribution in [0.4, 0.5) is 0 Å². The van der Waals surface area contributed by atoms with E-state index in [0.717, 1.165) is 48.8 Å². The Morgan fingerprint density at radius 3 is 2.25 bits per heavy atom. The van der Waals surface area contributed by atoms with E-state index >= 15 is 0 Å². The van der Waals surface area contributed by atoms with Crippen LogP contribution in [0, 0.1) is 6.92 Å². The summed E-state index contributed by atoms with van der Waals surface area (Å²) in [6, 6.07) is 39.1. The van der Waals surface area contributed by atoms with Crippen molar-refractivity contribution in [1.29, 1.82) is 0 Å². The molecule has 370 valence electrons. The molecule has 2 atom stereocenters. The van der Waals surface area contributed by atoms with Gasteiger partial charge in [-0.2, -0.15) is 4.31 Å². The number of nitrogens with one attached hydrogen (secondary N) is 1. The van der Waals surface area contributed by atoms with Crippen LogP contribution in [0.1, 0.15) is 60.4 Å². The molecule has 0 saturated carbocycles. The zero-order valence-electron chi connectivity index (χ0n) is 40.3. The van der Waals surface area contributed by atoms with Crippen molar-refractivity contribution < 1.29 is 41.8 Å². The smallest absolute Gasteiger partial charge is 0.352 e. The Morgan fingerprint density at radius 1 is 0.819 bits per heavy atom. The van der Waals surface area contributed by atoms with E-state index in [-0.39, 0.29) is 47.3 Å². The average Bonchev–Trinajstić information content (AvgIpc) is 3.38. The summed E-state index contributed by atoms with van der Waals surface area (Å²) in [5.74, 6) is -0.403. The molecular formula is C57H55N3O10S2. The van der Waals surface area contributed by atoms with Gasteiger partial charge < -0.3 is 24.3 Å². The number of ether oxygens (including phenoxy) is 2. The largest absolute Gasteiger partial charge is 0.489 e. The van der Waals surface area contributed by atoms with Crippen molar-refractivity contribution in [2.45, 2.75) is 81.8 Å². The van der Waals surface area contributed by atoms with Crippen molar-refractivity contribution >= 4 is 50.5 Å². The number of rotatable bonds is 20. The van der Waals surface area contributed by atoms with Gasteiger partial charge in [-0.1, -0.05) is 117 Å². The van der Waals surface area contributed by atoms with Crippen LogP contribution in [0.2, 0.25) is 0 Å². The molecule has 1 saturated heterocycles. The zero-order chi connectivity index (χ0) is 50.5. The van der Waals surface area contributed by atoms with Crippen molar-refractivity contribution in [3.8, 4) is 33.9 Å². The minimum absolute atomic E-state index is 0.0116. The lowest BCUT2D eigenvalue weighted by Gasteiger charge is -2.49. The fourth-order valence-corrected chi connectivity index (χ4v) is 11.9. The molecule has 0 aromatic heterocycles. The molecule has 0 spiro atoms. The van der Waals surface area contributed by atoms with Crippen LogP contribution in [0.25, 0.3) is 33.4 Å². The van der Waals surface area contributed by atoms with E-state index in [1.165, 1.54) is 34.1 Å². The number of carbonyl (C=O) groups is 3. The lowest BCUT2D eigenvalue weighted by atomic mass is 9.91. The van der Waals surface area contributed by atoms with E-state index < -0.39 is 33.3 Å². The molecule has 72 heavy (non-hydrogen) atoms. The predicted octanol–water partition coefficient (Wildman–Crippen LogP) is 9.76. The fourth-order valence-electron chi connectivity index (χ4n) is 9.27. The lowest BCUT2D eigenvalue weighted by Crippen LogP contribution is -2.70. The number of aryl methyl sites for hydroxylation is 2. The number of fused-ring (bicyclic) bond motifs is 3. The molecule has 3 aliphatic heterocycles. The lowest BCUT2D eigenvalue weighted by molar-refractivity contribution is -0.150. The van der Waals surface area contributed by atoms with Crippen molar-refractivity contribution in [2.75, 3.05) is 19.4 Å². The van der Waals surface area contributed by atoms with Crippen LogP contribution in [-0.2, 0) is 50.4 Å². The molecule has 1 aliphatic carbocycles. The van der Waals surface area contributed by atoms with Crippen LogP contribution in [0.5, 0.6) is 11.5 Å². The standard InChI is InChI=1S/C57H55N3O10S2/c1-4-5-6-13-20-40-29-45-49(31-47(40)69-33-39-18-11-8-12-19-39)70-48-30-46(61)36(2)27-44(48)52(45)43-21-14-15-22-50(43)72(66,67)59(3)32-38-23-25-42(26-24-38)68-34-41-35-71-56-53(55(63)60(56)54(41)57(64)65)58-51(62)28-37-16-9-7-10-17-37/h7-12,14-19,21-27,29-31,53,56H,4-6,13,20,28,32-35H2,1-3H3,(H,58,62)(H,64,65)/t53-,56-/m1/s1. The Hall–Kier alpha value is -7.20. The Kier molecular flexibility index (Phi) is 15.0. The number of carboxylic acids is 1. The molecule has 0 bridgehead atoms. The first-order valence-electron chi connectivity index (χ1n) is 24.0. The number of sulfonamides is 1. The first kappa shape index (κ1) is 49.8. The van der Waals surface area contributed by atoms with E-state index in [2.05, 4.69) is 18.3 Å². The van der Waals surface area contributed by atoms with E-state index in [9.17, 15) is 32.7 Å². The summed E-state index contributed by atoms with van der Waals surface area (Å²) < 4.78 is 50.0. The highest BCUT2D eigenvalue weighted by molar-refractivity contribution is 8.00. The molecule has 13 nitrogen and oxygen atoms in total. The molecule has 0 unspecified atom stereocenters. The van der Waals surface area contributed by atoms with Crippen LogP contribution >= 0.6 is 11.8 Å². The normalized spacial score (nSPS) is 15.7. The summed E-state index contributed by atoms with van der Waals surface area (Å²) in [5, 5.41) is 13.1. The molecule has 4 aliphatic rings. The quantitative estimate of drug-likeness (QED) is 0.0423. The SMILES string of the molecule is CCCCCCc1cc2c(-c3ccccc3S(=O)(=O)N(C)Cc3ccc(OCC4=C(C(=O)O)N5C(=O)[C@@H](NC(=O)Cc6ccccc6)[C@H]5SC4)cc3)c3cc(C)c(=O)cc-3oc2cc1OCc1ccccc1. The van der Waals surface area contributed by atoms with Gasteiger partial charge in [-0.25, -0.2) is 13.2 Å². The first-order valence-corrected chi connectivity index (χ1v) is 26.5. The predicted molar refractivity (Wildman–Crippen MR) is 278 cm³/mol. The number of hydrogen-bond donors (Lipinski definition) is 2. The van der Waals surface area contributed by atoms with Crippen molar-refractivity contribution in [3.63, 3.8) is 0 Å². The molecule has 1 fully saturated rings. The number of thioether (sulfide) groups is 1. The van der Waals surface area contributed by atoms with E-state index in [1.807, 2.05) is 66.7 Å². The molecular weight excluding hydrogens is 951 g/mol. The molecule has 2 amide bonds. The highest BCUT2D eigenvalue weighted by Crippen LogP contribution is 2.45. The second-order valence-corrected chi connectivity index (χ2v) is 21.3. The van der Waals surface area contributed by atoms with Crippen molar-refractivity contribution in [2.24, 2.45) is 0 Å². The molecule has 5 aromatic rings. The highest BCUT2D eigenvalue weighted by atomic mass is 32.2. The maximum atomic E-state index is 14.8. The molecule has 2 N–H and O–H groups in total. The number of nitrogens with zero attached hydrogens (tertiary/aromatic N) is 2. The van der Waals surface area contributed by atoms with Crippen LogP contribution in [0.3, 0.4) is 0 Å². The average molecular weight is 1010 g/mol. The van der Waals surface area contributed by atoms with Gasteiger partial charge in [-0.15, -0.1) is 11.8 Å². The van der Waals surface area contributed by atoms with E-state index in [0.29, 0.717) is 68.2 Å². The number of β-lactam (4-membered cyclic amide) rings is 1. The van der Waals surface area contributed by atoms with Crippen LogP contribution in [-0.4, -0.2) is 71.3 Å². The fraction of sp³-hybridized carbons (Fsp3) is 0.263. The number of amides is 2. The molecule has 3 heterocycles. The van der Waals surface area contributed by atoms with Gasteiger partial charge in [0.1, 0.15) is 53.2 Å². The molecule has 9 rings (SSSR count). The Labute approximate surface area is 422 Å². The number of carboxylic acid groups (broad SMARTS) is 1. The summed E-state index contributed by atoms with van der Waals surface area (Å²) in [7, 11) is -2.64. The maximum Gasteiger partial charge on any atom is 0.352 e. The van der Waals surface area contributed by atoms with Crippen molar-refractivity contribution in [1.82, 2.24) is 14.5 Å². The van der Waals surface area contributed by atoms with Crippen LogP contribution < -0.4 is 20.2 Å². The van der Waals surface area contributed by atoms with Gasteiger partial charge in [-0.3, -0.25) is 19.3 Å². The van der Waals surface area contributed by atoms with E-state index in [1.54, 1.807) is 61.5 Å². The van der Waals surface area contributed by atoms with Gasteiger partial charge in [0, 0.05) is 59.1 Å². The van der Waals surface area contributed by atoms with E-state index in [4.69, 9.17) is 13.9 Å². The molecule has 0 radical (unpaired) electrons. The second kappa shape index (κ2) is 21.7. The van der Waals surface area contributed by atoms with Gasteiger partial charge in [0.05, 0.1) is 11.3 Å². The number of unbranched alkanes of at least 4 members (excludes halogenated alkanes) is 3. The summed E-state index contributed by atoms with van der Waals surface area (Å²) in [6.07, 6.45) is 5.01. The Morgan fingerprint density at radius 2 is 1.53 bits per heavy atom. The third-order valence-electron chi connectivity index (χ3n) is 13.1. The second-order valence-electron chi connectivity index (χ2n) is 18.2. The third-order valence-corrected chi connectivity index (χ3v) is 16.3. The number of aliphatic carboxylic acids is 1. The third kappa shape index (κ3) is 10.5. The number of hydrogen-bond acceptors (Lipinski definition) is 10. The van der Waals surface area contributed by atoms with Crippen LogP contribution in [0.15, 0.2) is 159 Å². The topological polar surface area (TPSA) is 173 Å². The maximum absolute atomic E-state index is 14.8. The Bertz CT molecular complexity index is 3320. The van der Waals surface area contributed by atoms with Gasteiger partial charge in [0.25, 0.3) is 5.91 Å². The number of carbonyl (C=O) groups excluding carboxylic acids is 2. The Balaban J connectivity index is 0.946. The minimum atomic E-state index is -4.17. The minimum Gasteiger partial charge on any atom is -0.489 e. The highest BCUT2D eigenvalue weighted by Gasteiger charge is 2.54. The first-order chi connectivity index (χ1) is 34.8. The van der Waals surface area contributed by atoms with Gasteiger partial charge in [0.2, 0.25) is 15.9 Å². The summed E-state index contributed by atoms with van der Waals surface area (Å²) in [6.45, 7) is 4.16. The zero-order valence-corrected chi connectivity index (χ0v) is 41.9. The monoisotopic (exact) mass is 1010 g/mol. The number of benzene rings is 6. The molecule has 15 heteroatoms. The van der Waals surface area contributed by atoms with Gasteiger partial charge in [-0.05, 0) is 77.9 Å². The summed E-state index contributed by atoms with van der Waals surface area (Å²) in [4.78, 5) is 52.9. The summed E-state index contributed by atoms with van der Waals surface area (Å²) in [5.41, 5.74) is 6.15.